The van der Waals surface area contributed by atoms with Crippen LogP contribution in [0.2, 0.25) is 0 Å². The van der Waals surface area contributed by atoms with Gasteiger partial charge in [-0.05, 0) is 56.7 Å². The van der Waals surface area contributed by atoms with E-state index in [2.05, 4.69) is 10.1 Å². The predicted octanol–water partition coefficient (Wildman–Crippen LogP) is 4.02. The molecule has 1 amide bonds. The van der Waals surface area contributed by atoms with E-state index in [-0.39, 0.29) is 12.5 Å². The Bertz CT molecular complexity index is 932. The van der Waals surface area contributed by atoms with Crippen LogP contribution in [-0.4, -0.2) is 34.6 Å². The summed E-state index contributed by atoms with van der Waals surface area (Å²) in [5, 5.41) is 4.01. The van der Waals surface area contributed by atoms with Crippen LogP contribution in [0.4, 0.5) is 0 Å². The average molecular weight is 365 g/mol. The number of amides is 1. The Balaban J connectivity index is 1.71. The highest BCUT2D eigenvalue weighted by molar-refractivity contribution is 5.95. The fourth-order valence-electron chi connectivity index (χ4n) is 2.75. The summed E-state index contributed by atoms with van der Waals surface area (Å²) in [6.07, 6.45) is 0. The highest BCUT2D eigenvalue weighted by Crippen LogP contribution is 2.21. The number of carbonyl (C=O) groups excluding carboxylic acids is 1. The molecule has 1 heterocycles. The minimum atomic E-state index is -0.0722. The van der Waals surface area contributed by atoms with Crippen molar-refractivity contribution in [2.75, 3.05) is 13.7 Å². The van der Waals surface area contributed by atoms with E-state index < -0.39 is 0 Å². The molecule has 1 aromatic heterocycles. The van der Waals surface area contributed by atoms with Crippen molar-refractivity contribution in [2.45, 2.75) is 27.3 Å². The van der Waals surface area contributed by atoms with Gasteiger partial charge in [-0.25, -0.2) is 0 Å². The summed E-state index contributed by atoms with van der Waals surface area (Å²) < 4.78 is 10.8. The standard InChI is InChI=1S/C21H23N3O3/c1-5-26-17-10-8-16(9-11-17)20-22-19(27-23-20)13-24(4)21(25)18-12-14(2)6-7-15(18)3/h6-12H,5,13H2,1-4H3. The van der Waals surface area contributed by atoms with Crippen LogP contribution in [0.1, 0.15) is 34.3 Å². The van der Waals surface area contributed by atoms with Gasteiger partial charge in [0.25, 0.3) is 5.91 Å². The topological polar surface area (TPSA) is 68.5 Å². The van der Waals surface area contributed by atoms with Crippen LogP contribution >= 0.6 is 0 Å². The summed E-state index contributed by atoms with van der Waals surface area (Å²) in [7, 11) is 1.73. The summed E-state index contributed by atoms with van der Waals surface area (Å²) in [6, 6.07) is 13.3. The Morgan fingerprint density at radius 1 is 1.15 bits per heavy atom. The van der Waals surface area contributed by atoms with Gasteiger partial charge in [-0.1, -0.05) is 22.9 Å². The van der Waals surface area contributed by atoms with E-state index in [1.54, 1.807) is 11.9 Å². The molecule has 0 fully saturated rings. The second-order valence-corrected chi connectivity index (χ2v) is 6.45. The van der Waals surface area contributed by atoms with E-state index in [4.69, 9.17) is 9.26 Å². The third-order valence-electron chi connectivity index (χ3n) is 4.23. The van der Waals surface area contributed by atoms with Crippen LogP contribution in [0.25, 0.3) is 11.4 Å². The summed E-state index contributed by atoms with van der Waals surface area (Å²) >= 11 is 0. The van der Waals surface area contributed by atoms with Crippen LogP contribution in [0.3, 0.4) is 0 Å². The first-order valence-electron chi connectivity index (χ1n) is 8.86. The van der Waals surface area contributed by atoms with E-state index >= 15 is 0 Å². The predicted molar refractivity (Wildman–Crippen MR) is 103 cm³/mol. The molecule has 3 aromatic rings. The first kappa shape index (κ1) is 18.6. The number of hydrogen-bond donors (Lipinski definition) is 0. The minimum absolute atomic E-state index is 0.0722. The molecule has 0 aliphatic rings. The molecule has 6 nitrogen and oxygen atoms in total. The van der Waals surface area contributed by atoms with Crippen LogP contribution in [0.15, 0.2) is 47.0 Å². The van der Waals surface area contributed by atoms with Gasteiger partial charge in [0.15, 0.2) is 0 Å². The Kier molecular flexibility index (Phi) is 5.54. The number of rotatable bonds is 6. The van der Waals surface area contributed by atoms with E-state index in [0.29, 0.717) is 23.9 Å². The van der Waals surface area contributed by atoms with Gasteiger partial charge in [0.2, 0.25) is 11.7 Å². The molecule has 0 unspecified atom stereocenters. The minimum Gasteiger partial charge on any atom is -0.494 e. The number of carbonyl (C=O) groups is 1. The SMILES string of the molecule is CCOc1ccc(-c2noc(CN(C)C(=O)c3cc(C)ccc3C)n2)cc1. The molecular weight excluding hydrogens is 342 g/mol. The van der Waals surface area contributed by atoms with Crippen molar-refractivity contribution in [1.29, 1.82) is 0 Å². The van der Waals surface area contributed by atoms with Crippen molar-refractivity contribution in [1.82, 2.24) is 15.0 Å². The number of hydrogen-bond acceptors (Lipinski definition) is 5. The number of aromatic nitrogens is 2. The van der Waals surface area contributed by atoms with Gasteiger partial charge in [-0.15, -0.1) is 0 Å². The number of aryl methyl sites for hydroxylation is 2. The van der Waals surface area contributed by atoms with Gasteiger partial charge in [-0.3, -0.25) is 4.79 Å². The molecule has 140 valence electrons. The number of ether oxygens (including phenoxy) is 1. The molecule has 0 saturated carbocycles. The largest absolute Gasteiger partial charge is 0.494 e. The molecule has 0 aliphatic heterocycles. The molecule has 0 aliphatic carbocycles. The lowest BCUT2D eigenvalue weighted by Crippen LogP contribution is -2.27. The fraction of sp³-hybridized carbons (Fsp3) is 0.286. The maximum Gasteiger partial charge on any atom is 0.254 e. The van der Waals surface area contributed by atoms with Gasteiger partial charge in [0.1, 0.15) is 5.75 Å². The molecular formula is C21H23N3O3. The summed E-state index contributed by atoms with van der Waals surface area (Å²) in [5.41, 5.74) is 3.51. The lowest BCUT2D eigenvalue weighted by atomic mass is 10.0. The monoisotopic (exact) mass is 365 g/mol. The van der Waals surface area contributed by atoms with Crippen LogP contribution in [0, 0.1) is 13.8 Å². The molecule has 0 radical (unpaired) electrons. The third-order valence-corrected chi connectivity index (χ3v) is 4.23. The molecule has 0 saturated heterocycles. The Hall–Kier alpha value is -3.15. The van der Waals surface area contributed by atoms with Crippen molar-refractivity contribution in [3.63, 3.8) is 0 Å². The molecule has 0 N–H and O–H groups in total. The molecule has 2 aromatic carbocycles. The second kappa shape index (κ2) is 8.03. The molecule has 27 heavy (non-hydrogen) atoms. The molecule has 6 heteroatoms. The lowest BCUT2D eigenvalue weighted by molar-refractivity contribution is 0.0768. The number of nitrogens with zero attached hydrogens (tertiary/aromatic N) is 3. The van der Waals surface area contributed by atoms with Crippen LogP contribution in [-0.2, 0) is 6.54 Å². The first-order valence-corrected chi connectivity index (χ1v) is 8.86. The maximum absolute atomic E-state index is 12.7. The van der Waals surface area contributed by atoms with Crippen molar-refractivity contribution in [3.8, 4) is 17.1 Å². The fourth-order valence-corrected chi connectivity index (χ4v) is 2.75. The van der Waals surface area contributed by atoms with Gasteiger partial charge in [-0.2, -0.15) is 4.98 Å². The van der Waals surface area contributed by atoms with Gasteiger partial charge in [0, 0.05) is 18.2 Å². The van der Waals surface area contributed by atoms with E-state index in [0.717, 1.165) is 22.4 Å². The molecule has 0 atom stereocenters. The van der Waals surface area contributed by atoms with Crippen molar-refractivity contribution in [2.24, 2.45) is 0 Å². The average Bonchev–Trinajstić information content (AvgIpc) is 3.12. The second-order valence-electron chi connectivity index (χ2n) is 6.45. The third kappa shape index (κ3) is 4.34. The zero-order valence-corrected chi connectivity index (χ0v) is 16.0. The number of benzene rings is 2. The van der Waals surface area contributed by atoms with Gasteiger partial charge < -0.3 is 14.2 Å². The Labute approximate surface area is 158 Å². The van der Waals surface area contributed by atoms with Crippen molar-refractivity contribution >= 4 is 5.91 Å². The van der Waals surface area contributed by atoms with Crippen molar-refractivity contribution < 1.29 is 14.1 Å². The van der Waals surface area contributed by atoms with Crippen LogP contribution < -0.4 is 4.74 Å². The highest BCUT2D eigenvalue weighted by Gasteiger charge is 2.18. The van der Waals surface area contributed by atoms with E-state index in [1.807, 2.05) is 63.2 Å². The zero-order valence-electron chi connectivity index (χ0n) is 16.0. The molecule has 3 rings (SSSR count). The summed E-state index contributed by atoms with van der Waals surface area (Å²) in [6.45, 7) is 6.70. The van der Waals surface area contributed by atoms with Crippen molar-refractivity contribution in [3.05, 3.63) is 65.0 Å². The summed E-state index contributed by atoms with van der Waals surface area (Å²) in [5.74, 6) is 1.60. The van der Waals surface area contributed by atoms with E-state index in [9.17, 15) is 4.79 Å². The first-order chi connectivity index (χ1) is 13.0. The Morgan fingerprint density at radius 2 is 1.89 bits per heavy atom. The lowest BCUT2D eigenvalue weighted by Gasteiger charge is -2.16. The van der Waals surface area contributed by atoms with Gasteiger partial charge in [0.05, 0.1) is 13.2 Å². The Morgan fingerprint density at radius 3 is 2.59 bits per heavy atom. The van der Waals surface area contributed by atoms with E-state index in [1.165, 1.54) is 0 Å². The molecule has 0 bridgehead atoms. The quantitative estimate of drug-likeness (QED) is 0.660. The van der Waals surface area contributed by atoms with Gasteiger partial charge >= 0.3 is 0 Å². The van der Waals surface area contributed by atoms with Crippen LogP contribution in [0.5, 0.6) is 5.75 Å². The smallest absolute Gasteiger partial charge is 0.254 e. The zero-order chi connectivity index (χ0) is 19.4. The highest BCUT2D eigenvalue weighted by atomic mass is 16.5. The maximum atomic E-state index is 12.7. The molecule has 0 spiro atoms. The normalized spacial score (nSPS) is 10.7. The summed E-state index contributed by atoms with van der Waals surface area (Å²) in [4.78, 5) is 18.7.